The second-order valence-electron chi connectivity index (χ2n) is 8.57. The fourth-order valence-electron chi connectivity index (χ4n) is 3.95. The Morgan fingerprint density at radius 2 is 1.68 bits per heavy atom. The van der Waals surface area contributed by atoms with Gasteiger partial charge >= 0.3 is 0 Å². The maximum absolute atomic E-state index is 13.2. The molecule has 0 aliphatic carbocycles. The average molecular weight is 528 g/mol. The van der Waals surface area contributed by atoms with Crippen LogP contribution in [0.3, 0.4) is 0 Å². The minimum absolute atomic E-state index is 0.0261. The molecule has 10 heteroatoms. The highest BCUT2D eigenvalue weighted by Crippen LogP contribution is 2.20. The summed E-state index contributed by atoms with van der Waals surface area (Å²) in [6, 6.07) is 28.2. The molecule has 38 heavy (non-hydrogen) atoms. The third-order valence-electron chi connectivity index (χ3n) is 5.89. The van der Waals surface area contributed by atoms with Crippen LogP contribution in [0.15, 0.2) is 119 Å². The average Bonchev–Trinajstić information content (AvgIpc) is 3.66. The molecule has 0 aliphatic heterocycles. The van der Waals surface area contributed by atoms with Gasteiger partial charge in [-0.2, -0.15) is 0 Å². The molecule has 0 fully saturated rings. The molecule has 0 saturated carbocycles. The summed E-state index contributed by atoms with van der Waals surface area (Å²) < 4.78 is 34.6. The molecule has 0 radical (unpaired) electrons. The van der Waals surface area contributed by atoms with Crippen molar-refractivity contribution in [1.29, 1.82) is 0 Å². The van der Waals surface area contributed by atoms with Gasteiger partial charge in [0.2, 0.25) is 10.0 Å². The van der Waals surface area contributed by atoms with Gasteiger partial charge in [-0.05, 0) is 54.4 Å². The van der Waals surface area contributed by atoms with E-state index in [1.807, 2.05) is 36.4 Å². The largest absolute Gasteiger partial charge is 0.467 e. The highest BCUT2D eigenvalue weighted by atomic mass is 32.2. The van der Waals surface area contributed by atoms with Gasteiger partial charge in [-0.15, -0.1) is 5.10 Å². The van der Waals surface area contributed by atoms with Gasteiger partial charge in [0, 0.05) is 5.56 Å². The van der Waals surface area contributed by atoms with Crippen LogP contribution in [0.2, 0.25) is 0 Å². The molecule has 192 valence electrons. The van der Waals surface area contributed by atoms with Crippen LogP contribution in [-0.2, 0) is 23.0 Å². The van der Waals surface area contributed by atoms with Crippen LogP contribution in [0.4, 0.5) is 0 Å². The molecule has 3 aromatic carbocycles. The molecule has 5 aromatic rings. The fourth-order valence-corrected chi connectivity index (χ4v) is 4.97. The number of hydrogen-bond acceptors (Lipinski definition) is 6. The van der Waals surface area contributed by atoms with E-state index in [2.05, 4.69) is 20.4 Å². The first-order valence-corrected chi connectivity index (χ1v) is 13.4. The molecule has 0 aliphatic rings. The van der Waals surface area contributed by atoms with Crippen molar-refractivity contribution in [2.75, 3.05) is 0 Å². The topological polar surface area (TPSA) is 119 Å². The third-order valence-corrected chi connectivity index (χ3v) is 7.30. The Bertz CT molecular complexity index is 1600. The zero-order chi connectivity index (χ0) is 26.4. The molecule has 2 heterocycles. The first kappa shape index (κ1) is 25.1. The Labute approximate surface area is 220 Å². The van der Waals surface area contributed by atoms with Crippen LogP contribution in [0, 0.1) is 0 Å². The summed E-state index contributed by atoms with van der Waals surface area (Å²) in [7, 11) is -3.67. The summed E-state index contributed by atoms with van der Waals surface area (Å²) >= 11 is 0. The maximum Gasteiger partial charge on any atom is 0.251 e. The van der Waals surface area contributed by atoms with Crippen LogP contribution >= 0.6 is 0 Å². The summed E-state index contributed by atoms with van der Waals surface area (Å²) in [5.74, 6) is 0.400. The van der Waals surface area contributed by atoms with Gasteiger partial charge in [0.05, 0.1) is 41.3 Å². The molecule has 1 unspecified atom stereocenters. The van der Waals surface area contributed by atoms with E-state index in [4.69, 9.17) is 4.42 Å². The van der Waals surface area contributed by atoms with E-state index in [1.54, 1.807) is 61.0 Å². The lowest BCUT2D eigenvalue weighted by atomic mass is 10.0. The Morgan fingerprint density at radius 3 is 2.42 bits per heavy atom. The minimum atomic E-state index is -3.67. The molecule has 2 aromatic heterocycles. The summed E-state index contributed by atoms with van der Waals surface area (Å²) in [5.41, 5.74) is 2.55. The number of aromatic nitrogens is 3. The predicted octanol–water partition coefficient (Wildman–Crippen LogP) is 4.05. The van der Waals surface area contributed by atoms with Crippen molar-refractivity contribution in [1.82, 2.24) is 25.0 Å². The molecule has 0 spiro atoms. The van der Waals surface area contributed by atoms with Crippen molar-refractivity contribution in [3.63, 3.8) is 0 Å². The molecule has 0 saturated heterocycles. The van der Waals surface area contributed by atoms with Crippen molar-refractivity contribution >= 4 is 15.9 Å². The first-order chi connectivity index (χ1) is 18.5. The maximum atomic E-state index is 13.2. The number of sulfonamides is 1. The summed E-state index contributed by atoms with van der Waals surface area (Å²) in [5, 5.41) is 11.2. The molecule has 9 nitrogen and oxygen atoms in total. The highest BCUT2D eigenvalue weighted by molar-refractivity contribution is 7.89. The van der Waals surface area contributed by atoms with E-state index in [1.165, 1.54) is 16.8 Å². The fraction of sp³-hybridized carbons (Fsp3) is 0.107. The number of nitrogens with one attached hydrogen (secondary N) is 2. The lowest BCUT2D eigenvalue weighted by molar-refractivity contribution is 0.0931. The molecule has 1 atom stereocenters. The van der Waals surface area contributed by atoms with E-state index in [-0.39, 0.29) is 23.4 Å². The minimum Gasteiger partial charge on any atom is -0.467 e. The van der Waals surface area contributed by atoms with Crippen molar-refractivity contribution in [3.8, 4) is 5.69 Å². The Balaban J connectivity index is 1.28. The summed E-state index contributed by atoms with van der Waals surface area (Å²) in [4.78, 5) is 13.4. The van der Waals surface area contributed by atoms with Gasteiger partial charge in [0.25, 0.3) is 5.91 Å². The molecular weight excluding hydrogens is 502 g/mol. The van der Waals surface area contributed by atoms with E-state index in [9.17, 15) is 13.2 Å². The number of carbonyl (C=O) groups excluding carboxylic acids is 1. The second-order valence-corrected chi connectivity index (χ2v) is 10.3. The first-order valence-electron chi connectivity index (χ1n) is 11.9. The Hall–Kier alpha value is -4.54. The van der Waals surface area contributed by atoms with E-state index in [0.29, 0.717) is 29.1 Å². The molecule has 0 bridgehead atoms. The van der Waals surface area contributed by atoms with Gasteiger partial charge in [0.1, 0.15) is 5.76 Å². The van der Waals surface area contributed by atoms with Crippen molar-refractivity contribution in [2.24, 2.45) is 0 Å². The van der Waals surface area contributed by atoms with Crippen LogP contribution in [-0.4, -0.2) is 29.3 Å². The van der Waals surface area contributed by atoms with Crippen LogP contribution in [0.5, 0.6) is 0 Å². The molecular formula is C28H25N5O4S. The van der Waals surface area contributed by atoms with E-state index < -0.39 is 10.0 Å². The number of amides is 1. The van der Waals surface area contributed by atoms with E-state index in [0.717, 1.165) is 5.56 Å². The zero-order valence-corrected chi connectivity index (χ0v) is 21.1. The third kappa shape index (κ3) is 6.05. The summed E-state index contributed by atoms with van der Waals surface area (Å²) in [6.07, 6.45) is 3.78. The summed E-state index contributed by atoms with van der Waals surface area (Å²) in [6.45, 7) is -0.0261. The number of nitrogens with zero attached hydrogens (tertiary/aromatic N) is 3. The number of carbonyl (C=O) groups is 1. The van der Waals surface area contributed by atoms with Gasteiger partial charge in [-0.1, -0.05) is 59.8 Å². The monoisotopic (exact) mass is 527 g/mol. The lowest BCUT2D eigenvalue weighted by Gasteiger charge is -2.17. The number of furan rings is 1. The zero-order valence-electron chi connectivity index (χ0n) is 20.3. The Kier molecular flexibility index (Phi) is 7.43. The van der Waals surface area contributed by atoms with Crippen molar-refractivity contribution in [2.45, 2.75) is 23.9 Å². The molecule has 5 rings (SSSR count). The van der Waals surface area contributed by atoms with Crippen LogP contribution in [0.25, 0.3) is 5.69 Å². The SMILES string of the molecule is O=C(NC(Cc1ccccc1)c1ccco1)c1cccc(-n2cc(CNS(=O)(=O)c3ccccc3)nn2)c1. The van der Waals surface area contributed by atoms with Gasteiger partial charge in [0.15, 0.2) is 0 Å². The highest BCUT2D eigenvalue weighted by Gasteiger charge is 2.20. The van der Waals surface area contributed by atoms with Gasteiger partial charge < -0.3 is 9.73 Å². The quantitative estimate of drug-likeness (QED) is 0.283. The second kappa shape index (κ2) is 11.2. The number of benzene rings is 3. The Morgan fingerprint density at radius 1 is 0.921 bits per heavy atom. The standard InChI is InChI=1S/C28H25N5O4S/c34-28(30-26(27-15-8-16-37-27)17-21-9-3-1-4-10-21)22-11-7-12-24(18-22)33-20-23(31-32-33)19-29-38(35,36)25-13-5-2-6-14-25/h1-16,18,20,26,29H,17,19H2,(H,30,34). The van der Waals surface area contributed by atoms with Crippen molar-refractivity contribution < 1.29 is 17.6 Å². The van der Waals surface area contributed by atoms with Crippen LogP contribution < -0.4 is 10.0 Å². The molecule has 1 amide bonds. The molecule has 2 N–H and O–H groups in total. The predicted molar refractivity (Wildman–Crippen MR) is 141 cm³/mol. The number of rotatable bonds is 10. The van der Waals surface area contributed by atoms with Gasteiger partial charge in [-0.3, -0.25) is 4.79 Å². The van der Waals surface area contributed by atoms with Crippen LogP contribution in [0.1, 0.15) is 33.4 Å². The van der Waals surface area contributed by atoms with Gasteiger partial charge in [-0.25, -0.2) is 17.8 Å². The lowest BCUT2D eigenvalue weighted by Crippen LogP contribution is -2.29. The normalized spacial score (nSPS) is 12.2. The van der Waals surface area contributed by atoms with E-state index >= 15 is 0 Å². The smallest absolute Gasteiger partial charge is 0.251 e. The number of hydrogen-bond donors (Lipinski definition) is 2. The van der Waals surface area contributed by atoms with Crippen molar-refractivity contribution in [3.05, 3.63) is 132 Å².